The summed E-state index contributed by atoms with van der Waals surface area (Å²) in [6, 6.07) is 21.5. The molecule has 2 aliphatic heterocycles. The summed E-state index contributed by atoms with van der Waals surface area (Å²) < 4.78 is 1.74. The van der Waals surface area contributed by atoms with Gasteiger partial charge in [0.25, 0.3) is 0 Å². The number of imidazole rings is 1. The number of nitrogens with zero attached hydrogens (tertiary/aromatic N) is 5. The summed E-state index contributed by atoms with van der Waals surface area (Å²) in [5.74, 6) is 1.42. The first-order chi connectivity index (χ1) is 15.7. The van der Waals surface area contributed by atoms with E-state index in [2.05, 4.69) is 75.6 Å². The van der Waals surface area contributed by atoms with Gasteiger partial charge in [-0.15, -0.1) is 0 Å². The van der Waals surface area contributed by atoms with Crippen molar-refractivity contribution < 1.29 is 4.79 Å². The maximum atomic E-state index is 12.8. The van der Waals surface area contributed by atoms with E-state index in [1.165, 1.54) is 11.1 Å². The molecular weight excluding hydrogens is 398 g/mol. The Balaban J connectivity index is 1.20. The van der Waals surface area contributed by atoms with Gasteiger partial charge in [0.1, 0.15) is 5.82 Å². The SMILES string of the molecule is Cc1ncc2n1C(=O)N(N1CCC(CN(Cc3ccccc3)Cc3ccccc3)CC1)C2. The molecule has 0 radical (unpaired) electrons. The molecule has 0 aliphatic carbocycles. The van der Waals surface area contributed by atoms with Crippen LogP contribution >= 0.6 is 0 Å². The summed E-state index contributed by atoms with van der Waals surface area (Å²) in [6.07, 6.45) is 4.04. The predicted octanol–water partition coefficient (Wildman–Crippen LogP) is 4.30. The number of carbonyl (C=O) groups is 1. The van der Waals surface area contributed by atoms with Crippen LogP contribution < -0.4 is 0 Å². The lowest BCUT2D eigenvalue weighted by Crippen LogP contribution is -2.49. The number of benzene rings is 2. The maximum Gasteiger partial charge on any atom is 0.344 e. The molecule has 2 aliphatic rings. The lowest BCUT2D eigenvalue weighted by atomic mass is 9.96. The number of fused-ring (bicyclic) bond motifs is 1. The van der Waals surface area contributed by atoms with E-state index in [1.807, 2.05) is 18.1 Å². The zero-order chi connectivity index (χ0) is 21.9. The van der Waals surface area contributed by atoms with Crippen molar-refractivity contribution >= 4 is 6.03 Å². The summed E-state index contributed by atoms with van der Waals surface area (Å²) in [4.78, 5) is 19.7. The normalized spacial score (nSPS) is 17.3. The highest BCUT2D eigenvalue weighted by molar-refractivity contribution is 5.80. The fourth-order valence-electron chi connectivity index (χ4n) is 5.00. The van der Waals surface area contributed by atoms with E-state index in [4.69, 9.17) is 0 Å². The summed E-state index contributed by atoms with van der Waals surface area (Å²) >= 11 is 0. The van der Waals surface area contributed by atoms with Crippen LogP contribution in [-0.4, -0.2) is 50.1 Å². The summed E-state index contributed by atoms with van der Waals surface area (Å²) in [5, 5.41) is 4.15. The van der Waals surface area contributed by atoms with E-state index in [9.17, 15) is 4.79 Å². The van der Waals surface area contributed by atoms with Crippen molar-refractivity contribution in [1.29, 1.82) is 0 Å². The van der Waals surface area contributed by atoms with Crippen LogP contribution in [0.25, 0.3) is 0 Å². The second-order valence-corrected chi connectivity index (χ2v) is 9.01. The Hall–Kier alpha value is -2.96. The zero-order valence-corrected chi connectivity index (χ0v) is 18.7. The van der Waals surface area contributed by atoms with Gasteiger partial charge >= 0.3 is 6.03 Å². The highest BCUT2D eigenvalue weighted by Gasteiger charge is 2.35. The van der Waals surface area contributed by atoms with Crippen molar-refractivity contribution in [3.8, 4) is 0 Å². The monoisotopic (exact) mass is 429 g/mol. The molecule has 0 bridgehead atoms. The summed E-state index contributed by atoms with van der Waals surface area (Å²) in [6.45, 7) is 7.39. The molecule has 6 heteroatoms. The van der Waals surface area contributed by atoms with Crippen molar-refractivity contribution in [1.82, 2.24) is 24.5 Å². The van der Waals surface area contributed by atoms with Crippen molar-refractivity contribution in [2.24, 2.45) is 5.92 Å². The van der Waals surface area contributed by atoms with E-state index in [-0.39, 0.29) is 6.03 Å². The molecule has 0 unspecified atom stereocenters. The molecule has 6 nitrogen and oxygen atoms in total. The molecule has 1 saturated heterocycles. The molecule has 0 N–H and O–H groups in total. The van der Waals surface area contributed by atoms with Gasteiger partial charge in [0, 0.05) is 32.7 Å². The number of amides is 1. The number of carbonyl (C=O) groups excluding carboxylic acids is 1. The first-order valence-electron chi connectivity index (χ1n) is 11.6. The van der Waals surface area contributed by atoms with Crippen molar-refractivity contribution in [2.45, 2.75) is 39.4 Å². The Kier molecular flexibility index (Phi) is 6.06. The molecule has 1 aromatic heterocycles. The highest BCUT2D eigenvalue weighted by Crippen LogP contribution is 2.26. The van der Waals surface area contributed by atoms with Gasteiger partial charge in [-0.2, -0.15) is 0 Å². The Morgan fingerprint density at radius 1 is 0.938 bits per heavy atom. The molecule has 32 heavy (non-hydrogen) atoms. The first-order valence-corrected chi connectivity index (χ1v) is 11.6. The summed E-state index contributed by atoms with van der Waals surface area (Å²) in [7, 11) is 0. The molecule has 1 fully saturated rings. The largest absolute Gasteiger partial charge is 0.344 e. The molecule has 0 saturated carbocycles. The molecular formula is C26H31N5O. The molecule has 3 heterocycles. The average molecular weight is 430 g/mol. The van der Waals surface area contributed by atoms with Gasteiger partial charge < -0.3 is 0 Å². The van der Waals surface area contributed by atoms with Crippen molar-refractivity contribution in [3.05, 3.63) is 89.5 Å². The number of hydrazine groups is 1. The van der Waals surface area contributed by atoms with Crippen LogP contribution in [-0.2, 0) is 19.6 Å². The van der Waals surface area contributed by atoms with Gasteiger partial charge in [-0.25, -0.2) is 19.4 Å². The van der Waals surface area contributed by atoms with Gasteiger partial charge in [-0.05, 0) is 36.8 Å². The summed E-state index contributed by atoms with van der Waals surface area (Å²) in [5.41, 5.74) is 3.70. The topological polar surface area (TPSA) is 44.6 Å². The molecule has 166 valence electrons. The Bertz CT molecular complexity index is 999. The second kappa shape index (κ2) is 9.27. The first kappa shape index (κ1) is 20.9. The number of hydrogen-bond donors (Lipinski definition) is 0. The third kappa shape index (κ3) is 4.47. The van der Waals surface area contributed by atoms with Gasteiger partial charge in [0.2, 0.25) is 0 Å². The van der Waals surface area contributed by atoms with Gasteiger partial charge in [0.05, 0.1) is 18.4 Å². The van der Waals surface area contributed by atoms with Crippen LogP contribution in [0.1, 0.15) is 35.5 Å². The Morgan fingerprint density at radius 3 is 2.09 bits per heavy atom. The molecule has 5 rings (SSSR count). The van der Waals surface area contributed by atoms with Crippen molar-refractivity contribution in [3.63, 3.8) is 0 Å². The predicted molar refractivity (Wildman–Crippen MR) is 125 cm³/mol. The molecule has 0 atom stereocenters. The van der Waals surface area contributed by atoms with Crippen molar-refractivity contribution in [2.75, 3.05) is 19.6 Å². The lowest BCUT2D eigenvalue weighted by Gasteiger charge is -2.38. The molecule has 3 aromatic rings. The van der Waals surface area contributed by atoms with Gasteiger partial charge in [-0.3, -0.25) is 9.91 Å². The minimum atomic E-state index is 0.0447. The second-order valence-electron chi connectivity index (χ2n) is 9.01. The van der Waals surface area contributed by atoms with E-state index in [0.29, 0.717) is 12.5 Å². The third-order valence-electron chi connectivity index (χ3n) is 6.68. The average Bonchev–Trinajstić information content (AvgIpc) is 3.35. The zero-order valence-electron chi connectivity index (χ0n) is 18.7. The van der Waals surface area contributed by atoms with Crippen LogP contribution in [0.2, 0.25) is 0 Å². The van der Waals surface area contributed by atoms with Crippen LogP contribution in [0, 0.1) is 12.8 Å². The van der Waals surface area contributed by atoms with E-state index in [0.717, 1.165) is 57.1 Å². The number of piperidine rings is 1. The number of rotatable bonds is 7. The van der Waals surface area contributed by atoms with Gasteiger partial charge in [-0.1, -0.05) is 60.7 Å². The third-order valence-corrected chi connectivity index (χ3v) is 6.68. The minimum absolute atomic E-state index is 0.0447. The van der Waals surface area contributed by atoms with Crippen LogP contribution in [0.15, 0.2) is 66.9 Å². The minimum Gasteiger partial charge on any atom is -0.295 e. The molecule has 2 aromatic carbocycles. The van der Waals surface area contributed by atoms with E-state index < -0.39 is 0 Å². The van der Waals surface area contributed by atoms with E-state index in [1.54, 1.807) is 4.57 Å². The number of aromatic nitrogens is 2. The molecule has 1 amide bonds. The fourth-order valence-corrected chi connectivity index (χ4v) is 5.00. The Morgan fingerprint density at radius 2 is 1.53 bits per heavy atom. The van der Waals surface area contributed by atoms with E-state index >= 15 is 0 Å². The standard InChI is InChI=1S/C26H31N5O/c1-21-27-16-25-20-30(26(32)31(21)25)29-14-12-24(13-15-29)19-28(17-22-8-4-2-5-9-22)18-23-10-6-3-7-11-23/h2-11,16,24H,12-15,17-20H2,1H3. The maximum absolute atomic E-state index is 12.8. The quantitative estimate of drug-likeness (QED) is 0.562. The lowest BCUT2D eigenvalue weighted by molar-refractivity contribution is -0.0149. The highest BCUT2D eigenvalue weighted by atomic mass is 16.2. The van der Waals surface area contributed by atoms with Gasteiger partial charge in [0.15, 0.2) is 0 Å². The van der Waals surface area contributed by atoms with Crippen LogP contribution in [0.3, 0.4) is 0 Å². The number of aryl methyl sites for hydroxylation is 1. The fraction of sp³-hybridized carbons (Fsp3) is 0.385. The van der Waals surface area contributed by atoms with Crippen LogP contribution in [0.5, 0.6) is 0 Å². The smallest absolute Gasteiger partial charge is 0.295 e. The van der Waals surface area contributed by atoms with Crippen LogP contribution in [0.4, 0.5) is 4.79 Å². The molecule has 0 spiro atoms. The Labute approximate surface area is 190 Å². The number of hydrogen-bond acceptors (Lipinski definition) is 4.